The molecule has 1 atom stereocenters. The predicted octanol–water partition coefficient (Wildman–Crippen LogP) is 2.44. The molecule has 0 aromatic heterocycles. The van der Waals surface area contributed by atoms with E-state index in [4.69, 9.17) is 9.47 Å². The number of halogens is 1. The molecule has 0 heterocycles. The highest BCUT2D eigenvalue weighted by atomic mass is 19.1. The van der Waals surface area contributed by atoms with Crippen LogP contribution in [0.1, 0.15) is 26.3 Å². The molecule has 0 fully saturated rings. The van der Waals surface area contributed by atoms with Crippen LogP contribution in [0.15, 0.2) is 18.2 Å². The number of carbonyl (C=O) groups is 2. The number of carbonyl (C=O) groups excluding carboxylic acids is 2. The van der Waals surface area contributed by atoms with Crippen molar-refractivity contribution < 1.29 is 28.2 Å². The van der Waals surface area contributed by atoms with Crippen molar-refractivity contribution in [3.05, 3.63) is 29.6 Å². The van der Waals surface area contributed by atoms with Crippen LogP contribution in [-0.4, -0.2) is 37.9 Å². The van der Waals surface area contributed by atoms with Crippen LogP contribution in [0.3, 0.4) is 0 Å². The van der Waals surface area contributed by atoms with Crippen molar-refractivity contribution in [2.45, 2.75) is 38.8 Å². The lowest BCUT2D eigenvalue weighted by Crippen LogP contribution is -2.45. The predicted molar refractivity (Wildman–Crippen MR) is 81.8 cm³/mol. The summed E-state index contributed by atoms with van der Waals surface area (Å²) < 4.78 is 28.7. The third kappa shape index (κ3) is 6.14. The van der Waals surface area contributed by atoms with Crippen LogP contribution in [0.2, 0.25) is 0 Å². The third-order valence-corrected chi connectivity index (χ3v) is 2.86. The average molecular weight is 327 g/mol. The number of hydrogen-bond donors (Lipinski definition) is 1. The van der Waals surface area contributed by atoms with Crippen molar-refractivity contribution in [3.63, 3.8) is 0 Å². The molecular formula is C16H22FNO5. The van der Waals surface area contributed by atoms with Crippen LogP contribution in [0, 0.1) is 5.82 Å². The first-order chi connectivity index (χ1) is 10.7. The summed E-state index contributed by atoms with van der Waals surface area (Å²) in [6, 6.07) is 3.20. The minimum Gasteiger partial charge on any atom is -0.497 e. The van der Waals surface area contributed by atoms with Crippen LogP contribution < -0.4 is 10.1 Å². The number of nitrogens with one attached hydrogen (secondary N) is 1. The molecular weight excluding hydrogens is 305 g/mol. The normalized spacial score (nSPS) is 12.3. The van der Waals surface area contributed by atoms with Crippen molar-refractivity contribution in [1.82, 2.24) is 5.32 Å². The molecule has 23 heavy (non-hydrogen) atoms. The van der Waals surface area contributed by atoms with E-state index in [0.29, 0.717) is 5.75 Å². The minimum absolute atomic E-state index is 0.0677. The molecule has 7 heteroatoms. The van der Waals surface area contributed by atoms with Gasteiger partial charge in [-0.15, -0.1) is 0 Å². The van der Waals surface area contributed by atoms with Gasteiger partial charge in [0.05, 0.1) is 14.2 Å². The van der Waals surface area contributed by atoms with Crippen LogP contribution in [0.25, 0.3) is 0 Å². The molecule has 6 nitrogen and oxygen atoms in total. The molecule has 0 saturated carbocycles. The van der Waals surface area contributed by atoms with Crippen molar-refractivity contribution in [2.24, 2.45) is 0 Å². The lowest BCUT2D eigenvalue weighted by molar-refractivity contribution is -0.143. The number of benzene rings is 1. The monoisotopic (exact) mass is 327 g/mol. The maximum Gasteiger partial charge on any atom is 0.408 e. The van der Waals surface area contributed by atoms with Crippen molar-refractivity contribution in [1.29, 1.82) is 0 Å². The second kappa shape index (κ2) is 7.80. The Morgan fingerprint density at radius 3 is 2.39 bits per heavy atom. The summed E-state index contributed by atoms with van der Waals surface area (Å²) in [4.78, 5) is 23.6. The Kier molecular flexibility index (Phi) is 6.36. The van der Waals surface area contributed by atoms with Gasteiger partial charge in [0.1, 0.15) is 23.2 Å². The number of alkyl carbamates (subject to hydrolysis) is 1. The Morgan fingerprint density at radius 1 is 1.26 bits per heavy atom. The quantitative estimate of drug-likeness (QED) is 0.841. The van der Waals surface area contributed by atoms with E-state index in [1.807, 2.05) is 0 Å². The molecule has 1 rings (SSSR count). The summed E-state index contributed by atoms with van der Waals surface area (Å²) in [5.74, 6) is -0.865. The van der Waals surface area contributed by atoms with Crippen LogP contribution in [-0.2, 0) is 20.7 Å². The van der Waals surface area contributed by atoms with Crippen molar-refractivity contribution in [2.75, 3.05) is 14.2 Å². The summed E-state index contributed by atoms with van der Waals surface area (Å²) in [6.07, 6.45) is -0.844. The molecule has 0 bridgehead atoms. The standard InChI is InChI=1S/C16H22FNO5/c1-16(2,3)23-15(20)18-13(14(19)22-5)8-10-6-7-11(21-4)9-12(10)17/h6-7,9,13H,8H2,1-5H3,(H,18,20). The van der Waals surface area contributed by atoms with Crippen molar-refractivity contribution >= 4 is 12.1 Å². The van der Waals surface area contributed by atoms with Gasteiger partial charge in [0, 0.05) is 12.5 Å². The number of rotatable bonds is 5. The molecule has 0 aliphatic carbocycles. The lowest BCUT2D eigenvalue weighted by Gasteiger charge is -2.22. The minimum atomic E-state index is -1.06. The van der Waals surface area contributed by atoms with E-state index in [1.165, 1.54) is 26.4 Å². The van der Waals surface area contributed by atoms with E-state index in [-0.39, 0.29) is 12.0 Å². The Morgan fingerprint density at radius 2 is 1.91 bits per heavy atom. The number of hydrogen-bond acceptors (Lipinski definition) is 5. The van der Waals surface area contributed by atoms with Gasteiger partial charge in [0.2, 0.25) is 0 Å². The molecule has 1 aromatic carbocycles. The highest BCUT2D eigenvalue weighted by Gasteiger charge is 2.26. The molecule has 1 N–H and O–H groups in total. The smallest absolute Gasteiger partial charge is 0.408 e. The highest BCUT2D eigenvalue weighted by Crippen LogP contribution is 2.18. The molecule has 0 aliphatic heterocycles. The lowest BCUT2D eigenvalue weighted by atomic mass is 10.1. The Labute approximate surface area is 134 Å². The molecule has 1 unspecified atom stereocenters. The van der Waals surface area contributed by atoms with Gasteiger partial charge in [0.15, 0.2) is 0 Å². The first kappa shape index (κ1) is 18.7. The van der Waals surface area contributed by atoms with E-state index in [9.17, 15) is 14.0 Å². The average Bonchev–Trinajstić information content (AvgIpc) is 2.45. The first-order valence-corrected chi connectivity index (χ1v) is 7.06. The number of ether oxygens (including phenoxy) is 3. The largest absolute Gasteiger partial charge is 0.497 e. The maximum atomic E-state index is 14.0. The molecule has 0 spiro atoms. The number of esters is 1. The molecule has 0 saturated heterocycles. The zero-order valence-corrected chi connectivity index (χ0v) is 13.9. The van der Waals surface area contributed by atoms with Gasteiger partial charge in [-0.2, -0.15) is 0 Å². The van der Waals surface area contributed by atoms with E-state index >= 15 is 0 Å². The molecule has 0 aliphatic rings. The number of methoxy groups -OCH3 is 2. The van der Waals surface area contributed by atoms with Crippen LogP contribution in [0.5, 0.6) is 5.75 Å². The van der Waals surface area contributed by atoms with Gasteiger partial charge in [-0.05, 0) is 32.4 Å². The Bertz CT molecular complexity index is 568. The van der Waals surface area contributed by atoms with Gasteiger partial charge in [-0.1, -0.05) is 6.07 Å². The summed E-state index contributed by atoms with van der Waals surface area (Å²) in [6.45, 7) is 5.09. The van der Waals surface area contributed by atoms with E-state index in [0.717, 1.165) is 0 Å². The maximum absolute atomic E-state index is 14.0. The Balaban J connectivity index is 2.87. The molecule has 128 valence electrons. The van der Waals surface area contributed by atoms with Gasteiger partial charge >= 0.3 is 12.1 Å². The summed E-state index contributed by atoms with van der Waals surface area (Å²) in [5.41, 5.74) is -0.465. The zero-order chi connectivity index (χ0) is 17.6. The van der Waals surface area contributed by atoms with Gasteiger partial charge in [0.25, 0.3) is 0 Å². The fourth-order valence-electron chi connectivity index (χ4n) is 1.83. The second-order valence-electron chi connectivity index (χ2n) is 5.88. The molecule has 1 aromatic rings. The summed E-state index contributed by atoms with van der Waals surface area (Å²) in [5, 5.41) is 2.39. The molecule has 0 radical (unpaired) electrons. The highest BCUT2D eigenvalue weighted by molar-refractivity contribution is 5.81. The van der Waals surface area contributed by atoms with Gasteiger partial charge in [-0.25, -0.2) is 14.0 Å². The topological polar surface area (TPSA) is 73.9 Å². The zero-order valence-electron chi connectivity index (χ0n) is 13.9. The number of amides is 1. The fourth-order valence-corrected chi connectivity index (χ4v) is 1.83. The third-order valence-electron chi connectivity index (χ3n) is 2.86. The van der Waals surface area contributed by atoms with Crippen LogP contribution in [0.4, 0.5) is 9.18 Å². The SMILES string of the molecule is COC(=O)C(Cc1ccc(OC)cc1F)NC(=O)OC(C)(C)C. The van der Waals surface area contributed by atoms with E-state index < -0.39 is 29.5 Å². The second-order valence-corrected chi connectivity index (χ2v) is 5.88. The van der Waals surface area contributed by atoms with Gasteiger partial charge < -0.3 is 19.5 Å². The van der Waals surface area contributed by atoms with Crippen LogP contribution >= 0.6 is 0 Å². The fraction of sp³-hybridized carbons (Fsp3) is 0.500. The van der Waals surface area contributed by atoms with E-state index in [2.05, 4.69) is 10.1 Å². The Hall–Kier alpha value is -2.31. The van der Waals surface area contributed by atoms with E-state index in [1.54, 1.807) is 26.8 Å². The van der Waals surface area contributed by atoms with Gasteiger partial charge in [-0.3, -0.25) is 0 Å². The van der Waals surface area contributed by atoms with Crippen molar-refractivity contribution in [3.8, 4) is 5.75 Å². The summed E-state index contributed by atoms with van der Waals surface area (Å²) >= 11 is 0. The molecule has 1 amide bonds. The summed E-state index contributed by atoms with van der Waals surface area (Å²) in [7, 11) is 2.62. The first-order valence-electron chi connectivity index (χ1n) is 7.06.